The number of halogens is 1. The first kappa shape index (κ1) is 18.4. The van der Waals surface area contributed by atoms with Crippen LogP contribution in [0, 0.1) is 0 Å². The van der Waals surface area contributed by atoms with Gasteiger partial charge in [-0.05, 0) is 55.6 Å². The number of carbonyl (C=O) groups is 2. The molecule has 0 amide bonds. The second-order valence-corrected chi connectivity index (χ2v) is 6.27. The van der Waals surface area contributed by atoms with Crippen molar-refractivity contribution >= 4 is 35.1 Å². The van der Waals surface area contributed by atoms with Crippen LogP contribution in [0.2, 0.25) is 5.02 Å². The summed E-state index contributed by atoms with van der Waals surface area (Å²) in [7, 11) is 1.55. The molecule has 0 heterocycles. The molecule has 0 aliphatic heterocycles. The molecule has 0 radical (unpaired) electrons. The van der Waals surface area contributed by atoms with Gasteiger partial charge in [0.15, 0.2) is 6.10 Å². The number of benzene rings is 2. The van der Waals surface area contributed by atoms with Crippen LogP contribution in [0.4, 0.5) is 0 Å². The molecule has 0 spiro atoms. The van der Waals surface area contributed by atoms with E-state index in [4.69, 9.17) is 21.1 Å². The number of thioether (sulfide) groups is 1. The molecule has 24 heavy (non-hydrogen) atoms. The Bertz CT molecular complexity index is 743. The predicted octanol–water partition coefficient (Wildman–Crippen LogP) is 4.50. The Morgan fingerprint density at radius 3 is 2.38 bits per heavy atom. The number of ketones is 1. The summed E-state index contributed by atoms with van der Waals surface area (Å²) in [4.78, 5) is 25.5. The highest BCUT2D eigenvalue weighted by atomic mass is 35.5. The van der Waals surface area contributed by atoms with E-state index in [9.17, 15) is 9.59 Å². The summed E-state index contributed by atoms with van der Waals surface area (Å²) >= 11 is 7.54. The van der Waals surface area contributed by atoms with Crippen LogP contribution in [-0.4, -0.2) is 31.2 Å². The fourth-order valence-corrected chi connectivity index (χ4v) is 2.69. The van der Waals surface area contributed by atoms with Crippen LogP contribution >= 0.6 is 23.4 Å². The van der Waals surface area contributed by atoms with Gasteiger partial charge in [0.1, 0.15) is 5.75 Å². The maximum absolute atomic E-state index is 12.4. The second-order valence-electron chi connectivity index (χ2n) is 4.99. The van der Waals surface area contributed by atoms with Gasteiger partial charge in [0.05, 0.1) is 17.7 Å². The van der Waals surface area contributed by atoms with Crippen molar-refractivity contribution in [3.63, 3.8) is 0 Å². The molecule has 4 nitrogen and oxygen atoms in total. The number of methoxy groups -OCH3 is 1. The molecule has 2 aromatic rings. The molecule has 0 N–H and O–H groups in total. The Hall–Kier alpha value is -1.98. The quantitative estimate of drug-likeness (QED) is 0.429. The molecule has 0 bridgehead atoms. The number of hydrogen-bond donors (Lipinski definition) is 0. The van der Waals surface area contributed by atoms with Gasteiger partial charge in [-0.2, -0.15) is 0 Å². The monoisotopic (exact) mass is 364 g/mol. The molecule has 0 unspecified atom stereocenters. The Morgan fingerprint density at radius 2 is 1.79 bits per heavy atom. The minimum Gasteiger partial charge on any atom is -0.497 e. The van der Waals surface area contributed by atoms with Crippen molar-refractivity contribution in [1.29, 1.82) is 0 Å². The topological polar surface area (TPSA) is 52.6 Å². The lowest BCUT2D eigenvalue weighted by molar-refractivity contribution is 0.0318. The summed E-state index contributed by atoms with van der Waals surface area (Å²) in [6.07, 6.45) is 0.980. The zero-order chi connectivity index (χ0) is 17.7. The lowest BCUT2D eigenvalue weighted by Gasteiger charge is -2.13. The molecule has 0 aromatic heterocycles. The molecule has 0 saturated carbocycles. The van der Waals surface area contributed by atoms with Gasteiger partial charge in [0.25, 0.3) is 0 Å². The summed E-state index contributed by atoms with van der Waals surface area (Å²) in [5, 5.41) is 0.293. The van der Waals surface area contributed by atoms with E-state index >= 15 is 0 Å². The normalized spacial score (nSPS) is 11.7. The largest absolute Gasteiger partial charge is 0.497 e. The van der Waals surface area contributed by atoms with Gasteiger partial charge in [-0.25, -0.2) is 4.79 Å². The molecule has 0 fully saturated rings. The van der Waals surface area contributed by atoms with Crippen molar-refractivity contribution in [2.24, 2.45) is 0 Å². The maximum Gasteiger partial charge on any atom is 0.340 e. The Kier molecular flexibility index (Phi) is 6.29. The van der Waals surface area contributed by atoms with Crippen LogP contribution in [0.5, 0.6) is 5.75 Å². The number of rotatable bonds is 6. The summed E-state index contributed by atoms with van der Waals surface area (Å²) in [6.45, 7) is 1.54. The minimum atomic E-state index is -0.917. The van der Waals surface area contributed by atoms with Crippen LogP contribution in [-0.2, 0) is 4.74 Å². The number of ether oxygens (including phenoxy) is 2. The summed E-state index contributed by atoms with van der Waals surface area (Å²) in [5.41, 5.74) is 0.693. The van der Waals surface area contributed by atoms with E-state index in [1.54, 1.807) is 43.5 Å². The van der Waals surface area contributed by atoms with Crippen molar-refractivity contribution in [3.8, 4) is 5.75 Å². The molecule has 0 saturated heterocycles. The van der Waals surface area contributed by atoms with Crippen molar-refractivity contribution in [3.05, 3.63) is 58.6 Å². The number of Topliss-reactive ketones (excluding diaryl/α,β-unsaturated/α-hetero) is 1. The molecule has 0 aliphatic rings. The van der Waals surface area contributed by atoms with Crippen molar-refractivity contribution in [2.45, 2.75) is 17.9 Å². The first-order valence-electron chi connectivity index (χ1n) is 7.19. The molecular weight excluding hydrogens is 348 g/mol. The average molecular weight is 365 g/mol. The Morgan fingerprint density at radius 1 is 1.12 bits per heavy atom. The van der Waals surface area contributed by atoms with Gasteiger partial charge in [0, 0.05) is 10.5 Å². The molecular formula is C18H17ClO4S. The lowest BCUT2D eigenvalue weighted by atomic mass is 10.1. The summed E-state index contributed by atoms with van der Waals surface area (Å²) < 4.78 is 10.3. The Balaban J connectivity index is 2.11. The van der Waals surface area contributed by atoms with Gasteiger partial charge < -0.3 is 9.47 Å². The van der Waals surface area contributed by atoms with Crippen LogP contribution in [0.3, 0.4) is 0 Å². The van der Waals surface area contributed by atoms with Crippen molar-refractivity contribution in [1.82, 2.24) is 0 Å². The molecule has 0 aliphatic carbocycles. The minimum absolute atomic E-state index is 0.248. The number of hydrogen-bond acceptors (Lipinski definition) is 5. The highest BCUT2D eigenvalue weighted by Gasteiger charge is 2.22. The molecule has 6 heteroatoms. The molecule has 1 atom stereocenters. The highest BCUT2D eigenvalue weighted by molar-refractivity contribution is 7.98. The molecule has 2 aromatic carbocycles. The van der Waals surface area contributed by atoms with Crippen LogP contribution in [0.1, 0.15) is 27.6 Å². The second kappa shape index (κ2) is 8.22. The van der Waals surface area contributed by atoms with Crippen molar-refractivity contribution in [2.75, 3.05) is 13.4 Å². The van der Waals surface area contributed by atoms with Crippen molar-refractivity contribution < 1.29 is 19.1 Å². The SMILES string of the molecule is COc1ccc(C(=O)[C@H](C)OC(=O)c2cc(SC)ccc2Cl)cc1. The van der Waals surface area contributed by atoms with Gasteiger partial charge in [0.2, 0.25) is 5.78 Å². The fraction of sp³-hybridized carbons (Fsp3) is 0.222. The predicted molar refractivity (Wildman–Crippen MR) is 95.4 cm³/mol. The average Bonchev–Trinajstić information content (AvgIpc) is 2.61. The first-order chi connectivity index (χ1) is 11.5. The van der Waals surface area contributed by atoms with E-state index in [-0.39, 0.29) is 11.3 Å². The summed E-state index contributed by atoms with van der Waals surface area (Å²) in [5.74, 6) is -0.259. The zero-order valence-electron chi connectivity index (χ0n) is 13.5. The standard InChI is InChI=1S/C18H17ClO4S/c1-11(17(20)12-4-6-13(22-2)7-5-12)23-18(21)15-10-14(24-3)8-9-16(15)19/h4-11H,1-3H3/t11-/m0/s1. The molecule has 126 valence electrons. The first-order valence-corrected chi connectivity index (χ1v) is 8.79. The molecule has 2 rings (SSSR count). The Labute approximate surface area is 150 Å². The van der Waals surface area contributed by atoms with Crippen LogP contribution in [0.15, 0.2) is 47.4 Å². The van der Waals surface area contributed by atoms with Gasteiger partial charge in [-0.15, -0.1) is 11.8 Å². The van der Waals surface area contributed by atoms with E-state index in [0.29, 0.717) is 16.3 Å². The van der Waals surface area contributed by atoms with E-state index in [1.807, 2.05) is 12.3 Å². The maximum atomic E-state index is 12.4. The fourth-order valence-electron chi connectivity index (χ4n) is 2.06. The van der Waals surface area contributed by atoms with Gasteiger partial charge >= 0.3 is 5.97 Å². The smallest absolute Gasteiger partial charge is 0.340 e. The third kappa shape index (κ3) is 4.30. The van der Waals surface area contributed by atoms with Crippen LogP contribution < -0.4 is 4.74 Å². The lowest BCUT2D eigenvalue weighted by Crippen LogP contribution is -2.24. The third-order valence-electron chi connectivity index (χ3n) is 3.42. The van der Waals surface area contributed by atoms with Crippen LogP contribution in [0.25, 0.3) is 0 Å². The zero-order valence-corrected chi connectivity index (χ0v) is 15.1. The van der Waals surface area contributed by atoms with E-state index < -0.39 is 12.1 Å². The van der Waals surface area contributed by atoms with E-state index in [2.05, 4.69) is 0 Å². The number of carbonyl (C=O) groups excluding carboxylic acids is 2. The van der Waals surface area contributed by atoms with E-state index in [1.165, 1.54) is 18.7 Å². The third-order valence-corrected chi connectivity index (χ3v) is 4.48. The highest BCUT2D eigenvalue weighted by Crippen LogP contribution is 2.24. The number of esters is 1. The summed E-state index contributed by atoms with van der Waals surface area (Å²) in [6, 6.07) is 11.7. The van der Waals surface area contributed by atoms with Gasteiger partial charge in [-0.3, -0.25) is 4.79 Å². The van der Waals surface area contributed by atoms with Gasteiger partial charge in [-0.1, -0.05) is 11.6 Å². The van der Waals surface area contributed by atoms with E-state index in [0.717, 1.165) is 4.90 Å².